The van der Waals surface area contributed by atoms with E-state index in [0.717, 1.165) is 17.5 Å². The highest BCUT2D eigenvalue weighted by molar-refractivity contribution is 5.50. The number of rotatable bonds is 6. The fraction of sp³-hybridized carbons (Fsp3) is 0.238. The van der Waals surface area contributed by atoms with E-state index in [1.807, 2.05) is 49.4 Å². The Labute approximate surface area is 149 Å². The van der Waals surface area contributed by atoms with Crippen LogP contribution in [0.4, 0.5) is 11.6 Å². The van der Waals surface area contributed by atoms with Crippen molar-refractivity contribution in [3.8, 4) is 0 Å². The van der Waals surface area contributed by atoms with Crippen LogP contribution >= 0.6 is 0 Å². The molecule has 2 atom stereocenters. The van der Waals surface area contributed by atoms with Crippen LogP contribution in [0.25, 0.3) is 0 Å². The minimum absolute atomic E-state index is 0.176. The minimum Gasteiger partial charge on any atom is -0.363 e. The number of hydrogen-bond donors (Lipinski definition) is 2. The zero-order valence-electron chi connectivity index (χ0n) is 14.9. The van der Waals surface area contributed by atoms with Gasteiger partial charge < -0.3 is 10.6 Å². The third-order valence-electron chi connectivity index (χ3n) is 4.17. The number of aromatic nitrogens is 2. The first-order valence-electron chi connectivity index (χ1n) is 8.60. The molecule has 2 unspecified atom stereocenters. The zero-order chi connectivity index (χ0) is 17.6. The summed E-state index contributed by atoms with van der Waals surface area (Å²) < 4.78 is 0. The van der Waals surface area contributed by atoms with Crippen molar-refractivity contribution >= 4 is 11.6 Å². The van der Waals surface area contributed by atoms with Crippen molar-refractivity contribution in [3.05, 3.63) is 83.7 Å². The van der Waals surface area contributed by atoms with E-state index < -0.39 is 0 Å². The second kappa shape index (κ2) is 7.79. The van der Waals surface area contributed by atoms with E-state index in [-0.39, 0.29) is 12.1 Å². The molecule has 4 nitrogen and oxygen atoms in total. The van der Waals surface area contributed by atoms with E-state index >= 15 is 0 Å². The summed E-state index contributed by atoms with van der Waals surface area (Å²) in [4.78, 5) is 9.03. The molecule has 4 heteroatoms. The van der Waals surface area contributed by atoms with Gasteiger partial charge in [-0.2, -0.15) is 0 Å². The molecule has 0 spiro atoms. The van der Waals surface area contributed by atoms with E-state index in [1.54, 1.807) is 0 Å². The first-order chi connectivity index (χ1) is 12.1. The summed E-state index contributed by atoms with van der Waals surface area (Å²) in [6, 6.07) is 23.0. The standard InChI is InChI=1S/C21H24N4/c1-15(18-10-6-4-7-11-18)22-20-14-21(25-17(3)24-20)23-16(2)19-12-8-5-9-13-19/h4-16H,1-3H3,(H2,22,23,24,25). The molecule has 128 valence electrons. The van der Waals surface area contributed by atoms with E-state index in [1.165, 1.54) is 11.1 Å². The summed E-state index contributed by atoms with van der Waals surface area (Å²) in [5, 5.41) is 6.92. The summed E-state index contributed by atoms with van der Waals surface area (Å²) >= 11 is 0. The molecule has 0 saturated carbocycles. The van der Waals surface area contributed by atoms with Gasteiger partial charge in [-0.15, -0.1) is 0 Å². The summed E-state index contributed by atoms with van der Waals surface area (Å²) in [6.07, 6.45) is 0. The summed E-state index contributed by atoms with van der Waals surface area (Å²) in [7, 11) is 0. The Hall–Kier alpha value is -2.88. The molecule has 2 aromatic carbocycles. The lowest BCUT2D eigenvalue weighted by molar-refractivity contribution is 0.852. The normalized spacial score (nSPS) is 13.1. The molecule has 0 amide bonds. The predicted molar refractivity (Wildman–Crippen MR) is 104 cm³/mol. The molecule has 1 heterocycles. The number of nitrogens with one attached hydrogen (secondary N) is 2. The molecule has 2 N–H and O–H groups in total. The molecule has 0 fully saturated rings. The molecule has 0 aliphatic carbocycles. The van der Waals surface area contributed by atoms with Gasteiger partial charge in [0, 0.05) is 18.2 Å². The van der Waals surface area contributed by atoms with Crippen LogP contribution in [0.1, 0.15) is 42.9 Å². The number of anilines is 2. The van der Waals surface area contributed by atoms with Crippen LogP contribution in [-0.4, -0.2) is 9.97 Å². The summed E-state index contributed by atoms with van der Waals surface area (Å²) in [6.45, 7) is 6.18. The van der Waals surface area contributed by atoms with E-state index in [9.17, 15) is 0 Å². The Balaban J connectivity index is 1.74. The average Bonchev–Trinajstić information content (AvgIpc) is 2.62. The molecule has 1 aromatic heterocycles. The van der Waals surface area contributed by atoms with Crippen molar-refractivity contribution in [2.75, 3.05) is 10.6 Å². The molecule has 0 saturated heterocycles. The minimum atomic E-state index is 0.176. The Bertz CT molecular complexity index is 737. The Morgan fingerprint density at radius 3 is 1.48 bits per heavy atom. The number of benzene rings is 2. The van der Waals surface area contributed by atoms with Crippen LogP contribution in [-0.2, 0) is 0 Å². The SMILES string of the molecule is Cc1nc(NC(C)c2ccccc2)cc(NC(C)c2ccccc2)n1. The zero-order valence-corrected chi connectivity index (χ0v) is 14.9. The van der Waals surface area contributed by atoms with Crippen molar-refractivity contribution in [2.45, 2.75) is 32.9 Å². The van der Waals surface area contributed by atoms with Crippen LogP contribution in [0.5, 0.6) is 0 Å². The molecule has 0 aliphatic heterocycles. The molecule has 0 radical (unpaired) electrons. The van der Waals surface area contributed by atoms with Crippen LogP contribution in [0.15, 0.2) is 66.7 Å². The fourth-order valence-corrected chi connectivity index (χ4v) is 2.81. The first-order valence-corrected chi connectivity index (χ1v) is 8.60. The van der Waals surface area contributed by atoms with E-state index in [2.05, 4.69) is 58.7 Å². The highest BCUT2D eigenvalue weighted by Gasteiger charge is 2.10. The van der Waals surface area contributed by atoms with Crippen LogP contribution in [0.3, 0.4) is 0 Å². The topological polar surface area (TPSA) is 49.8 Å². The van der Waals surface area contributed by atoms with Crippen LogP contribution in [0.2, 0.25) is 0 Å². The molecular weight excluding hydrogens is 308 g/mol. The second-order valence-electron chi connectivity index (χ2n) is 6.24. The molecule has 25 heavy (non-hydrogen) atoms. The van der Waals surface area contributed by atoms with Crippen molar-refractivity contribution in [3.63, 3.8) is 0 Å². The summed E-state index contributed by atoms with van der Waals surface area (Å²) in [5.74, 6) is 2.39. The van der Waals surface area contributed by atoms with Crippen molar-refractivity contribution in [2.24, 2.45) is 0 Å². The van der Waals surface area contributed by atoms with Gasteiger partial charge >= 0.3 is 0 Å². The predicted octanol–water partition coefficient (Wildman–Crippen LogP) is 5.13. The van der Waals surface area contributed by atoms with Gasteiger partial charge in [0.25, 0.3) is 0 Å². The maximum atomic E-state index is 4.52. The number of hydrogen-bond acceptors (Lipinski definition) is 4. The third-order valence-corrected chi connectivity index (χ3v) is 4.17. The maximum Gasteiger partial charge on any atom is 0.132 e. The lowest BCUT2D eigenvalue weighted by Gasteiger charge is -2.18. The largest absolute Gasteiger partial charge is 0.363 e. The molecule has 0 aliphatic rings. The van der Waals surface area contributed by atoms with E-state index in [0.29, 0.717) is 0 Å². The van der Waals surface area contributed by atoms with Gasteiger partial charge in [-0.1, -0.05) is 60.7 Å². The molecule has 3 rings (SSSR count). The van der Waals surface area contributed by atoms with E-state index in [4.69, 9.17) is 0 Å². The first kappa shape index (κ1) is 17.0. The highest BCUT2D eigenvalue weighted by atomic mass is 15.1. The lowest BCUT2D eigenvalue weighted by atomic mass is 10.1. The van der Waals surface area contributed by atoms with Gasteiger partial charge in [0.05, 0.1) is 0 Å². The van der Waals surface area contributed by atoms with Gasteiger partial charge in [0.15, 0.2) is 0 Å². The van der Waals surface area contributed by atoms with Gasteiger partial charge in [-0.05, 0) is 31.9 Å². The summed E-state index contributed by atoms with van der Waals surface area (Å²) in [5.41, 5.74) is 2.46. The maximum absolute atomic E-state index is 4.52. The fourth-order valence-electron chi connectivity index (χ4n) is 2.81. The second-order valence-corrected chi connectivity index (χ2v) is 6.24. The lowest BCUT2D eigenvalue weighted by Crippen LogP contribution is -2.12. The van der Waals surface area contributed by atoms with Crippen LogP contribution in [0, 0.1) is 6.92 Å². The van der Waals surface area contributed by atoms with Crippen molar-refractivity contribution in [1.29, 1.82) is 0 Å². The van der Waals surface area contributed by atoms with Crippen LogP contribution < -0.4 is 10.6 Å². The van der Waals surface area contributed by atoms with Gasteiger partial charge in [0.2, 0.25) is 0 Å². The molecule has 0 bridgehead atoms. The number of aryl methyl sites for hydroxylation is 1. The number of nitrogens with zero attached hydrogens (tertiary/aromatic N) is 2. The Kier molecular flexibility index (Phi) is 5.29. The molecular formula is C21H24N4. The monoisotopic (exact) mass is 332 g/mol. The van der Waals surface area contributed by atoms with Gasteiger partial charge in [-0.3, -0.25) is 0 Å². The average molecular weight is 332 g/mol. The van der Waals surface area contributed by atoms with Crippen molar-refractivity contribution < 1.29 is 0 Å². The van der Waals surface area contributed by atoms with Gasteiger partial charge in [-0.25, -0.2) is 9.97 Å². The van der Waals surface area contributed by atoms with Crippen molar-refractivity contribution in [1.82, 2.24) is 9.97 Å². The smallest absolute Gasteiger partial charge is 0.132 e. The Morgan fingerprint density at radius 2 is 1.08 bits per heavy atom. The van der Waals surface area contributed by atoms with Gasteiger partial charge in [0.1, 0.15) is 17.5 Å². The Morgan fingerprint density at radius 1 is 0.680 bits per heavy atom. The quantitative estimate of drug-likeness (QED) is 0.657. The third kappa shape index (κ3) is 4.57. The highest BCUT2D eigenvalue weighted by Crippen LogP contribution is 2.22. The molecule has 3 aromatic rings.